The third-order valence-electron chi connectivity index (χ3n) is 4.32. The Morgan fingerprint density at radius 1 is 1.29 bits per heavy atom. The monoisotopic (exact) mass is 300 g/mol. The minimum Gasteiger partial charge on any atom is -0.310 e. The van der Waals surface area contributed by atoms with Gasteiger partial charge in [0, 0.05) is 23.3 Å². The van der Waals surface area contributed by atoms with Crippen molar-refractivity contribution in [1.82, 2.24) is 10.3 Å². The van der Waals surface area contributed by atoms with Crippen LogP contribution in [0.2, 0.25) is 0 Å². The van der Waals surface area contributed by atoms with Crippen molar-refractivity contribution in [3.63, 3.8) is 0 Å². The number of hydrogen-bond donors (Lipinski definition) is 1. The minimum absolute atomic E-state index is 0.369. The van der Waals surface area contributed by atoms with Crippen LogP contribution in [0, 0.1) is 0 Å². The van der Waals surface area contributed by atoms with Gasteiger partial charge in [-0.2, -0.15) is 0 Å². The molecule has 0 amide bonds. The number of rotatable bonds is 7. The fraction of sp³-hybridized carbons (Fsp3) is 0.500. The Hall–Kier alpha value is -1.19. The van der Waals surface area contributed by atoms with Crippen molar-refractivity contribution >= 4 is 11.3 Å². The van der Waals surface area contributed by atoms with Crippen molar-refractivity contribution in [1.29, 1.82) is 0 Å². The lowest BCUT2D eigenvalue weighted by atomic mass is 10.0. The fourth-order valence-corrected chi connectivity index (χ4v) is 3.66. The molecule has 0 aliphatic heterocycles. The molecule has 1 aliphatic carbocycles. The molecule has 3 heteroatoms. The Bertz CT molecular complexity index is 572. The summed E-state index contributed by atoms with van der Waals surface area (Å²) in [5, 5.41) is 7.25. The van der Waals surface area contributed by atoms with Gasteiger partial charge in [-0.05, 0) is 31.4 Å². The number of thiazole rings is 1. The summed E-state index contributed by atoms with van der Waals surface area (Å²) in [6.07, 6.45) is 4.74. The van der Waals surface area contributed by atoms with Crippen LogP contribution in [0.1, 0.15) is 55.4 Å². The normalized spacial score (nSPS) is 17.6. The first-order chi connectivity index (χ1) is 10.2. The highest BCUT2D eigenvalue weighted by atomic mass is 32.1. The Balaban J connectivity index is 1.73. The van der Waals surface area contributed by atoms with Gasteiger partial charge in [-0.15, -0.1) is 11.3 Å². The van der Waals surface area contributed by atoms with Gasteiger partial charge in [0.1, 0.15) is 0 Å². The van der Waals surface area contributed by atoms with E-state index < -0.39 is 0 Å². The van der Waals surface area contributed by atoms with Gasteiger partial charge in [-0.1, -0.05) is 44.2 Å². The number of nitrogens with zero attached hydrogens (tertiary/aromatic N) is 1. The van der Waals surface area contributed by atoms with Crippen molar-refractivity contribution in [2.24, 2.45) is 0 Å². The zero-order valence-corrected chi connectivity index (χ0v) is 13.7. The first-order valence-electron chi connectivity index (χ1n) is 7.94. The van der Waals surface area contributed by atoms with E-state index in [0.29, 0.717) is 11.5 Å². The van der Waals surface area contributed by atoms with Crippen molar-refractivity contribution in [2.75, 3.05) is 6.54 Å². The molecule has 0 saturated heterocycles. The predicted molar refractivity (Wildman–Crippen MR) is 89.9 cm³/mol. The highest BCUT2D eigenvalue weighted by molar-refractivity contribution is 7.09. The maximum atomic E-state index is 4.90. The van der Waals surface area contributed by atoms with Gasteiger partial charge in [0.2, 0.25) is 0 Å². The molecule has 1 aromatic heterocycles. The third-order valence-corrected chi connectivity index (χ3v) is 5.52. The highest BCUT2D eigenvalue weighted by Crippen LogP contribution is 2.48. The second kappa shape index (κ2) is 6.29. The molecule has 1 N–H and O–H groups in total. The van der Waals surface area contributed by atoms with Gasteiger partial charge < -0.3 is 5.32 Å². The van der Waals surface area contributed by atoms with Crippen LogP contribution >= 0.6 is 11.3 Å². The summed E-state index contributed by atoms with van der Waals surface area (Å²) in [4.78, 5) is 4.90. The summed E-state index contributed by atoms with van der Waals surface area (Å²) in [5.41, 5.74) is 2.99. The largest absolute Gasteiger partial charge is 0.310 e. The number of hydrogen-bond acceptors (Lipinski definition) is 3. The summed E-state index contributed by atoms with van der Waals surface area (Å²) < 4.78 is 0. The quantitative estimate of drug-likeness (QED) is 0.815. The van der Waals surface area contributed by atoms with E-state index in [1.54, 1.807) is 0 Å². The summed E-state index contributed by atoms with van der Waals surface area (Å²) in [7, 11) is 0. The highest BCUT2D eigenvalue weighted by Gasteiger charge is 2.41. The van der Waals surface area contributed by atoms with Crippen LogP contribution in [0.15, 0.2) is 35.7 Å². The molecule has 0 radical (unpaired) electrons. The fourth-order valence-electron chi connectivity index (χ4n) is 2.60. The Labute approximate surface area is 131 Å². The van der Waals surface area contributed by atoms with Crippen molar-refractivity contribution < 1.29 is 0 Å². The van der Waals surface area contributed by atoms with Crippen molar-refractivity contribution in [2.45, 2.75) is 51.0 Å². The van der Waals surface area contributed by atoms with Gasteiger partial charge in [0.15, 0.2) is 0 Å². The smallest absolute Gasteiger partial charge is 0.0987 e. The predicted octanol–water partition coefficient (Wildman–Crippen LogP) is 4.48. The van der Waals surface area contributed by atoms with E-state index in [-0.39, 0.29) is 0 Å². The van der Waals surface area contributed by atoms with E-state index in [0.717, 1.165) is 19.4 Å². The molecule has 1 unspecified atom stereocenters. The van der Waals surface area contributed by atoms with Crippen LogP contribution in [-0.4, -0.2) is 11.5 Å². The van der Waals surface area contributed by atoms with Crippen molar-refractivity contribution in [3.05, 3.63) is 52.0 Å². The topological polar surface area (TPSA) is 24.9 Å². The Morgan fingerprint density at radius 2 is 2.05 bits per heavy atom. The average molecular weight is 300 g/mol. The number of aromatic nitrogens is 1. The van der Waals surface area contributed by atoms with Crippen LogP contribution in [0.3, 0.4) is 0 Å². The van der Waals surface area contributed by atoms with E-state index in [1.807, 2.05) is 11.3 Å². The van der Waals surface area contributed by atoms with E-state index in [4.69, 9.17) is 4.98 Å². The van der Waals surface area contributed by atoms with E-state index in [2.05, 4.69) is 54.9 Å². The summed E-state index contributed by atoms with van der Waals surface area (Å²) >= 11 is 1.84. The van der Waals surface area contributed by atoms with Gasteiger partial charge in [0.05, 0.1) is 10.7 Å². The molecule has 0 spiro atoms. The average Bonchev–Trinajstić information content (AvgIpc) is 3.09. The molecule has 1 saturated carbocycles. The van der Waals surface area contributed by atoms with Crippen LogP contribution in [0.4, 0.5) is 0 Å². The zero-order valence-electron chi connectivity index (χ0n) is 12.9. The molecule has 1 heterocycles. The van der Waals surface area contributed by atoms with E-state index >= 15 is 0 Å². The lowest BCUT2D eigenvalue weighted by Crippen LogP contribution is -2.24. The van der Waals surface area contributed by atoms with Gasteiger partial charge in [-0.25, -0.2) is 4.98 Å². The molecular formula is C18H24N2S. The molecule has 21 heavy (non-hydrogen) atoms. The SMILES string of the molecule is CCCNC(Cc1csc(C2(C)CC2)n1)c1ccccc1. The lowest BCUT2D eigenvalue weighted by Gasteiger charge is -2.18. The molecule has 3 rings (SSSR count). The Kier molecular flexibility index (Phi) is 4.41. The maximum Gasteiger partial charge on any atom is 0.0987 e. The van der Waals surface area contributed by atoms with Gasteiger partial charge >= 0.3 is 0 Å². The van der Waals surface area contributed by atoms with Gasteiger partial charge in [0.25, 0.3) is 0 Å². The second-order valence-electron chi connectivity index (χ2n) is 6.33. The Morgan fingerprint density at radius 3 is 2.71 bits per heavy atom. The molecule has 0 bridgehead atoms. The summed E-state index contributed by atoms with van der Waals surface area (Å²) in [6, 6.07) is 11.1. The summed E-state index contributed by atoms with van der Waals surface area (Å²) in [5.74, 6) is 0. The maximum absolute atomic E-state index is 4.90. The van der Waals surface area contributed by atoms with E-state index in [1.165, 1.54) is 29.1 Å². The zero-order chi connectivity index (χ0) is 14.7. The standard InChI is InChI=1S/C18H24N2S/c1-3-11-19-16(14-7-5-4-6-8-14)12-15-13-21-17(20-15)18(2)9-10-18/h4-8,13,16,19H,3,9-12H2,1-2H3. The van der Waals surface area contributed by atoms with Crippen LogP contribution in [-0.2, 0) is 11.8 Å². The summed E-state index contributed by atoms with van der Waals surface area (Å²) in [6.45, 7) is 5.60. The molecule has 112 valence electrons. The molecule has 1 fully saturated rings. The molecule has 1 atom stereocenters. The molecule has 1 aromatic carbocycles. The van der Waals surface area contributed by atoms with E-state index in [9.17, 15) is 0 Å². The first kappa shape index (κ1) is 14.7. The molecule has 2 nitrogen and oxygen atoms in total. The number of benzene rings is 1. The molecule has 1 aliphatic rings. The van der Waals surface area contributed by atoms with Crippen LogP contribution < -0.4 is 5.32 Å². The molecular weight excluding hydrogens is 276 g/mol. The van der Waals surface area contributed by atoms with Crippen molar-refractivity contribution in [3.8, 4) is 0 Å². The van der Waals surface area contributed by atoms with Gasteiger partial charge in [-0.3, -0.25) is 0 Å². The third kappa shape index (κ3) is 3.53. The minimum atomic E-state index is 0.369. The lowest BCUT2D eigenvalue weighted by molar-refractivity contribution is 0.524. The number of nitrogens with one attached hydrogen (secondary N) is 1. The first-order valence-corrected chi connectivity index (χ1v) is 8.82. The second-order valence-corrected chi connectivity index (χ2v) is 7.18. The van der Waals surface area contributed by atoms with Crippen LogP contribution in [0.25, 0.3) is 0 Å². The van der Waals surface area contributed by atoms with Crippen LogP contribution in [0.5, 0.6) is 0 Å². The molecule has 2 aromatic rings.